The third kappa shape index (κ3) is 3.33. The monoisotopic (exact) mass is 247 g/mol. The fourth-order valence-electron chi connectivity index (χ4n) is 2.64. The van der Waals surface area contributed by atoms with Crippen LogP contribution in [0.15, 0.2) is 24.3 Å². The Labute approximate surface area is 111 Å². The predicted octanol–water partition coefficient (Wildman–Crippen LogP) is 3.64. The van der Waals surface area contributed by atoms with Crippen LogP contribution in [0.5, 0.6) is 0 Å². The summed E-state index contributed by atoms with van der Waals surface area (Å²) < 4.78 is 5.21. The maximum atomic E-state index is 5.21. The molecule has 1 N–H and O–H groups in total. The maximum Gasteiger partial charge on any atom is 0.0480 e. The molecule has 0 saturated heterocycles. The van der Waals surface area contributed by atoms with Gasteiger partial charge in [0.15, 0.2) is 0 Å². The molecule has 1 aliphatic carbocycles. The van der Waals surface area contributed by atoms with Crippen molar-refractivity contribution in [2.45, 2.75) is 44.6 Å². The minimum Gasteiger partial charge on any atom is -0.385 e. The van der Waals surface area contributed by atoms with Crippen LogP contribution in [0.3, 0.4) is 0 Å². The number of benzene rings is 1. The summed E-state index contributed by atoms with van der Waals surface area (Å²) in [6, 6.07) is 9.56. The summed E-state index contributed by atoms with van der Waals surface area (Å²) in [4.78, 5) is 0. The average molecular weight is 247 g/mol. The van der Waals surface area contributed by atoms with Gasteiger partial charge < -0.3 is 10.1 Å². The first-order valence-corrected chi connectivity index (χ1v) is 7.17. The highest BCUT2D eigenvalue weighted by molar-refractivity contribution is 5.29. The molecule has 1 unspecified atom stereocenters. The lowest BCUT2D eigenvalue weighted by Gasteiger charge is -2.27. The summed E-state index contributed by atoms with van der Waals surface area (Å²) in [5, 5.41) is 3.56. The Morgan fingerprint density at radius 1 is 1.39 bits per heavy atom. The van der Waals surface area contributed by atoms with Crippen LogP contribution in [0.25, 0.3) is 0 Å². The van der Waals surface area contributed by atoms with Crippen LogP contribution in [0.1, 0.15) is 55.7 Å². The predicted molar refractivity (Wildman–Crippen MR) is 75.9 cm³/mol. The van der Waals surface area contributed by atoms with Crippen molar-refractivity contribution in [3.05, 3.63) is 35.4 Å². The van der Waals surface area contributed by atoms with Gasteiger partial charge >= 0.3 is 0 Å². The van der Waals surface area contributed by atoms with Crippen LogP contribution in [-0.4, -0.2) is 20.3 Å². The zero-order valence-electron chi connectivity index (χ0n) is 11.6. The van der Waals surface area contributed by atoms with E-state index in [1.807, 2.05) is 0 Å². The van der Waals surface area contributed by atoms with E-state index in [-0.39, 0.29) is 0 Å². The van der Waals surface area contributed by atoms with E-state index in [4.69, 9.17) is 4.74 Å². The van der Waals surface area contributed by atoms with E-state index in [1.165, 1.54) is 30.4 Å². The highest BCUT2D eigenvalue weighted by Crippen LogP contribution is 2.37. The zero-order valence-corrected chi connectivity index (χ0v) is 11.6. The van der Waals surface area contributed by atoms with E-state index in [9.17, 15) is 0 Å². The van der Waals surface area contributed by atoms with E-state index < -0.39 is 0 Å². The van der Waals surface area contributed by atoms with Crippen LogP contribution in [-0.2, 0) is 4.74 Å². The Bertz CT molecular complexity index is 360. The number of methoxy groups -OCH3 is 1. The summed E-state index contributed by atoms with van der Waals surface area (Å²) in [7, 11) is 1.77. The molecule has 2 rings (SSSR count). The molecular weight excluding hydrogens is 222 g/mol. The molecule has 1 aromatic carbocycles. The van der Waals surface area contributed by atoms with Crippen LogP contribution < -0.4 is 5.32 Å². The van der Waals surface area contributed by atoms with E-state index in [0.717, 1.165) is 25.5 Å². The summed E-state index contributed by atoms with van der Waals surface area (Å²) >= 11 is 0. The average Bonchev–Trinajstić information content (AvgIpc) is 2.33. The van der Waals surface area contributed by atoms with Crippen molar-refractivity contribution in [3.63, 3.8) is 0 Å². The normalized spacial score (nSPS) is 17.4. The Kier molecular flexibility index (Phi) is 5.21. The van der Waals surface area contributed by atoms with Crippen molar-refractivity contribution in [1.29, 1.82) is 0 Å². The molecule has 0 spiro atoms. The number of hydrogen-bond acceptors (Lipinski definition) is 2. The smallest absolute Gasteiger partial charge is 0.0480 e. The van der Waals surface area contributed by atoms with Gasteiger partial charge in [-0.05, 0) is 42.9 Å². The molecule has 1 fully saturated rings. The molecule has 1 aliphatic rings. The maximum absolute atomic E-state index is 5.21. The van der Waals surface area contributed by atoms with Gasteiger partial charge in [0.05, 0.1) is 0 Å². The Morgan fingerprint density at radius 3 is 2.83 bits per heavy atom. The lowest BCUT2D eigenvalue weighted by molar-refractivity contribution is 0.183. The van der Waals surface area contributed by atoms with E-state index in [1.54, 1.807) is 7.11 Å². The van der Waals surface area contributed by atoms with Gasteiger partial charge in [-0.1, -0.05) is 37.6 Å². The molecule has 0 aromatic heterocycles. The minimum absolute atomic E-state index is 0.426. The molecule has 0 amide bonds. The first-order valence-electron chi connectivity index (χ1n) is 7.17. The second kappa shape index (κ2) is 6.91. The van der Waals surface area contributed by atoms with Crippen molar-refractivity contribution in [3.8, 4) is 0 Å². The lowest BCUT2D eigenvalue weighted by atomic mass is 9.79. The van der Waals surface area contributed by atoms with Gasteiger partial charge in [0.1, 0.15) is 0 Å². The number of nitrogens with one attached hydrogen (secondary N) is 1. The summed E-state index contributed by atoms with van der Waals surface area (Å²) in [5.41, 5.74) is 2.94. The van der Waals surface area contributed by atoms with Gasteiger partial charge in [0, 0.05) is 19.8 Å². The largest absolute Gasteiger partial charge is 0.385 e. The van der Waals surface area contributed by atoms with Crippen molar-refractivity contribution in [1.82, 2.24) is 5.32 Å². The zero-order chi connectivity index (χ0) is 12.8. The highest BCUT2D eigenvalue weighted by Gasteiger charge is 2.20. The summed E-state index contributed by atoms with van der Waals surface area (Å²) in [6.45, 7) is 3.98. The quantitative estimate of drug-likeness (QED) is 0.794. The third-order valence-corrected chi connectivity index (χ3v) is 3.95. The molecule has 1 saturated carbocycles. The lowest BCUT2D eigenvalue weighted by Crippen LogP contribution is -2.22. The molecule has 2 nitrogen and oxygen atoms in total. The van der Waals surface area contributed by atoms with E-state index in [2.05, 4.69) is 36.5 Å². The SMILES string of the molecule is CCNC(CCOC)c1cccc(C2CCC2)c1. The van der Waals surface area contributed by atoms with Crippen LogP contribution >= 0.6 is 0 Å². The third-order valence-electron chi connectivity index (χ3n) is 3.95. The van der Waals surface area contributed by atoms with Gasteiger partial charge in [0.25, 0.3) is 0 Å². The van der Waals surface area contributed by atoms with Crippen LogP contribution in [0.4, 0.5) is 0 Å². The van der Waals surface area contributed by atoms with Crippen molar-refractivity contribution < 1.29 is 4.74 Å². The van der Waals surface area contributed by atoms with E-state index >= 15 is 0 Å². The van der Waals surface area contributed by atoms with Gasteiger partial charge in [0.2, 0.25) is 0 Å². The molecule has 0 aliphatic heterocycles. The standard InChI is InChI=1S/C16H25NO/c1-3-17-16(10-11-18-2)15-9-5-8-14(12-15)13-6-4-7-13/h5,8-9,12-13,16-17H,3-4,6-7,10-11H2,1-2H3. The van der Waals surface area contributed by atoms with Gasteiger partial charge in [-0.25, -0.2) is 0 Å². The second-order valence-corrected chi connectivity index (χ2v) is 5.19. The van der Waals surface area contributed by atoms with Gasteiger partial charge in [-0.15, -0.1) is 0 Å². The Morgan fingerprint density at radius 2 is 2.22 bits per heavy atom. The molecule has 1 atom stereocenters. The molecule has 1 aromatic rings. The van der Waals surface area contributed by atoms with Gasteiger partial charge in [-0.3, -0.25) is 0 Å². The molecular formula is C16H25NO. The van der Waals surface area contributed by atoms with Crippen molar-refractivity contribution >= 4 is 0 Å². The number of rotatable bonds is 7. The first kappa shape index (κ1) is 13.6. The fraction of sp³-hybridized carbons (Fsp3) is 0.625. The second-order valence-electron chi connectivity index (χ2n) is 5.19. The minimum atomic E-state index is 0.426. The number of hydrogen-bond donors (Lipinski definition) is 1. The molecule has 0 bridgehead atoms. The van der Waals surface area contributed by atoms with Crippen molar-refractivity contribution in [2.24, 2.45) is 0 Å². The Balaban J connectivity index is 2.07. The highest BCUT2D eigenvalue weighted by atomic mass is 16.5. The van der Waals surface area contributed by atoms with Crippen LogP contribution in [0, 0.1) is 0 Å². The molecule has 0 heterocycles. The summed E-state index contributed by atoms with van der Waals surface area (Å²) in [6.07, 6.45) is 5.18. The first-order chi connectivity index (χ1) is 8.85. The molecule has 18 heavy (non-hydrogen) atoms. The topological polar surface area (TPSA) is 21.3 Å². The fourth-order valence-corrected chi connectivity index (χ4v) is 2.64. The Hall–Kier alpha value is -0.860. The van der Waals surface area contributed by atoms with Gasteiger partial charge in [-0.2, -0.15) is 0 Å². The number of ether oxygens (including phenoxy) is 1. The van der Waals surface area contributed by atoms with Crippen LogP contribution in [0.2, 0.25) is 0 Å². The van der Waals surface area contributed by atoms with E-state index in [0.29, 0.717) is 6.04 Å². The molecule has 2 heteroatoms. The van der Waals surface area contributed by atoms with Crippen molar-refractivity contribution in [2.75, 3.05) is 20.3 Å². The molecule has 100 valence electrons. The summed E-state index contributed by atoms with van der Waals surface area (Å²) in [5.74, 6) is 0.814. The molecule has 0 radical (unpaired) electrons.